The molecule has 0 amide bonds. The smallest absolute Gasteiger partial charge is 0.164 e. The molecule has 9 aromatic carbocycles. The van der Waals surface area contributed by atoms with Gasteiger partial charge in [-0.2, -0.15) is 0 Å². The lowest BCUT2D eigenvalue weighted by Crippen LogP contribution is -2.03. The Bertz CT molecular complexity index is 3740. The van der Waals surface area contributed by atoms with E-state index in [4.69, 9.17) is 19.4 Å². The Balaban J connectivity index is 1.10. The van der Waals surface area contributed by atoms with E-state index in [9.17, 15) is 0 Å². The minimum Gasteiger partial charge on any atom is -0.454 e. The highest BCUT2D eigenvalue weighted by Crippen LogP contribution is 2.47. The Hall–Kier alpha value is -8.41. The maximum atomic E-state index is 7.12. The van der Waals surface area contributed by atoms with Crippen LogP contribution in [0.2, 0.25) is 0 Å². The Morgan fingerprint density at radius 2 is 0.953 bits per heavy atom. The third kappa shape index (κ3) is 5.75. The van der Waals surface area contributed by atoms with Crippen molar-refractivity contribution >= 4 is 70.9 Å². The second kappa shape index (κ2) is 14.6. The van der Waals surface area contributed by atoms with Gasteiger partial charge in [-0.1, -0.05) is 176 Å². The van der Waals surface area contributed by atoms with Crippen LogP contribution in [0.1, 0.15) is 18.7 Å². The van der Waals surface area contributed by atoms with E-state index in [1.54, 1.807) is 0 Å². The zero-order valence-corrected chi connectivity index (χ0v) is 34.7. The molecule has 0 unspecified atom stereocenters. The highest BCUT2D eigenvalue weighted by molar-refractivity contribution is 6.32. The summed E-state index contributed by atoms with van der Waals surface area (Å²) in [7, 11) is 0. The number of rotatable bonds is 6. The molecule has 0 atom stereocenters. The minimum atomic E-state index is 0.616. The van der Waals surface area contributed by atoms with Crippen LogP contribution in [-0.2, 0) is 0 Å². The van der Waals surface area contributed by atoms with Gasteiger partial charge >= 0.3 is 0 Å². The van der Waals surface area contributed by atoms with Crippen LogP contribution in [0, 0.1) is 0 Å². The van der Waals surface area contributed by atoms with E-state index < -0.39 is 0 Å². The highest BCUT2D eigenvalue weighted by atomic mass is 16.3. The van der Waals surface area contributed by atoms with Crippen molar-refractivity contribution in [3.63, 3.8) is 0 Å². The predicted octanol–water partition coefficient (Wildman–Crippen LogP) is 15.6. The summed E-state index contributed by atoms with van der Waals surface area (Å²) in [6, 6.07) is 67.1. The molecule has 12 aromatic rings. The Morgan fingerprint density at radius 1 is 0.422 bits per heavy atom. The average Bonchev–Trinajstić information content (AvgIpc) is 3.92. The number of allylic oxidation sites excluding steroid dienone is 4. The Morgan fingerprint density at radius 3 is 1.55 bits per heavy atom. The molecule has 0 N–H and O–H groups in total. The minimum absolute atomic E-state index is 0.616. The van der Waals surface area contributed by atoms with Gasteiger partial charge in [0, 0.05) is 32.7 Å². The fraction of sp³-hybridized carbons (Fsp3) is 0.0339. The number of aromatic nitrogens is 4. The van der Waals surface area contributed by atoms with Crippen LogP contribution in [-0.4, -0.2) is 19.5 Å². The third-order valence-electron chi connectivity index (χ3n) is 12.9. The van der Waals surface area contributed by atoms with Crippen LogP contribution < -0.4 is 0 Å². The summed E-state index contributed by atoms with van der Waals surface area (Å²) in [6.07, 6.45) is 8.23. The molecule has 0 aliphatic heterocycles. The summed E-state index contributed by atoms with van der Waals surface area (Å²) in [6.45, 7) is 0. The van der Waals surface area contributed by atoms with Gasteiger partial charge in [-0.05, 0) is 92.5 Å². The number of furan rings is 1. The van der Waals surface area contributed by atoms with Gasteiger partial charge in [-0.25, -0.2) is 15.0 Å². The van der Waals surface area contributed by atoms with Gasteiger partial charge < -0.3 is 8.98 Å². The molecular weight excluding hydrogens is 781 g/mol. The first-order valence-corrected chi connectivity index (χ1v) is 21.9. The molecule has 1 aliphatic rings. The predicted molar refractivity (Wildman–Crippen MR) is 265 cm³/mol. The van der Waals surface area contributed by atoms with Gasteiger partial charge in [0.05, 0.1) is 16.7 Å². The molecule has 0 fully saturated rings. The molecular formula is C59H38N4O. The van der Waals surface area contributed by atoms with Crippen molar-refractivity contribution in [3.05, 3.63) is 212 Å². The van der Waals surface area contributed by atoms with Crippen molar-refractivity contribution in [3.8, 4) is 50.7 Å². The molecule has 3 heterocycles. The first kappa shape index (κ1) is 36.3. The molecule has 0 radical (unpaired) electrons. The molecule has 5 heteroatoms. The molecule has 0 bridgehead atoms. The lowest BCUT2D eigenvalue weighted by molar-refractivity contribution is 0.666. The van der Waals surface area contributed by atoms with Crippen LogP contribution in [0.5, 0.6) is 0 Å². The maximum Gasteiger partial charge on any atom is 0.164 e. The molecule has 1 aliphatic carbocycles. The van der Waals surface area contributed by atoms with E-state index in [0.717, 1.165) is 68.2 Å². The third-order valence-corrected chi connectivity index (χ3v) is 12.9. The van der Waals surface area contributed by atoms with Crippen molar-refractivity contribution in [2.45, 2.75) is 12.8 Å². The molecule has 0 saturated carbocycles. The van der Waals surface area contributed by atoms with E-state index in [2.05, 4.69) is 181 Å². The van der Waals surface area contributed by atoms with Crippen LogP contribution in [0.3, 0.4) is 0 Å². The summed E-state index contributed by atoms with van der Waals surface area (Å²) in [5.41, 5.74) is 12.5. The van der Waals surface area contributed by atoms with Crippen molar-refractivity contribution in [1.29, 1.82) is 0 Å². The van der Waals surface area contributed by atoms with Crippen LogP contribution >= 0.6 is 0 Å². The van der Waals surface area contributed by atoms with Crippen LogP contribution in [0.4, 0.5) is 0 Å². The van der Waals surface area contributed by atoms with Gasteiger partial charge in [0.1, 0.15) is 5.58 Å². The van der Waals surface area contributed by atoms with E-state index in [0.29, 0.717) is 17.5 Å². The number of hydrogen-bond donors (Lipinski definition) is 0. The summed E-state index contributed by atoms with van der Waals surface area (Å²) in [5.74, 6) is 1.97. The van der Waals surface area contributed by atoms with Crippen molar-refractivity contribution < 1.29 is 4.42 Å². The van der Waals surface area contributed by atoms with Crippen LogP contribution in [0.15, 0.2) is 211 Å². The van der Waals surface area contributed by atoms with Gasteiger partial charge in [-0.15, -0.1) is 0 Å². The van der Waals surface area contributed by atoms with E-state index >= 15 is 0 Å². The highest BCUT2D eigenvalue weighted by Gasteiger charge is 2.24. The van der Waals surface area contributed by atoms with Gasteiger partial charge in [-0.3, -0.25) is 0 Å². The molecule has 3 aromatic heterocycles. The van der Waals surface area contributed by atoms with E-state index in [1.165, 1.54) is 54.6 Å². The molecule has 300 valence electrons. The maximum absolute atomic E-state index is 7.12. The van der Waals surface area contributed by atoms with E-state index in [1.807, 2.05) is 30.3 Å². The van der Waals surface area contributed by atoms with E-state index in [-0.39, 0.29) is 0 Å². The second-order valence-electron chi connectivity index (χ2n) is 16.6. The first-order valence-electron chi connectivity index (χ1n) is 21.9. The quantitative estimate of drug-likeness (QED) is 0.168. The zero-order valence-electron chi connectivity index (χ0n) is 34.7. The summed E-state index contributed by atoms with van der Waals surface area (Å²) in [5, 5.41) is 9.40. The largest absolute Gasteiger partial charge is 0.454 e. The monoisotopic (exact) mass is 818 g/mol. The average molecular weight is 819 g/mol. The fourth-order valence-electron chi connectivity index (χ4n) is 9.95. The lowest BCUT2D eigenvalue weighted by atomic mass is 9.92. The summed E-state index contributed by atoms with van der Waals surface area (Å²) < 4.78 is 9.57. The van der Waals surface area contributed by atoms with Gasteiger partial charge in [0.15, 0.2) is 23.1 Å². The Labute approximate surface area is 368 Å². The van der Waals surface area contributed by atoms with Crippen molar-refractivity contribution in [1.82, 2.24) is 19.5 Å². The summed E-state index contributed by atoms with van der Waals surface area (Å²) in [4.78, 5) is 15.1. The summed E-state index contributed by atoms with van der Waals surface area (Å²) >= 11 is 0. The molecule has 64 heavy (non-hydrogen) atoms. The number of fused-ring (bicyclic) bond motifs is 10. The normalized spacial score (nSPS) is 12.9. The zero-order chi connectivity index (χ0) is 42.1. The van der Waals surface area contributed by atoms with Gasteiger partial charge in [0.2, 0.25) is 0 Å². The Kier molecular flexibility index (Phi) is 8.28. The fourth-order valence-corrected chi connectivity index (χ4v) is 9.95. The number of hydrogen-bond acceptors (Lipinski definition) is 4. The number of nitrogens with zero attached hydrogens (tertiary/aromatic N) is 4. The van der Waals surface area contributed by atoms with Crippen molar-refractivity contribution in [2.24, 2.45) is 0 Å². The molecule has 13 rings (SSSR count). The molecule has 0 spiro atoms. The standard InChI is InChI=1S/C59H38N4O/c1-5-18-37(19-6-1)48-35-51-54(45-28-15-13-26-42(45)48)55-46-29-16-14-27-43(46)49(38-20-7-2-8-21-38)36-52(55)63(51)50-31-17-30-47-44-33-32-41(34-53(44)64-56(47)50)59-61-57(39-22-9-3-10-23-39)60-58(62-59)40-24-11-4-12-25-40/h1-11,13-24,26-36H,12,25H2. The SMILES string of the molecule is C1=CCCC(c2nc(-c3ccccc3)nc(-c3ccc4c(c3)oc3c(-n5c6cc(-c7ccccc7)c7ccccc7c6c6c7ccccc7c(-c7ccccc7)cc65)cccc34)n2)=C1. The first-order chi connectivity index (χ1) is 31.7. The second-order valence-corrected chi connectivity index (χ2v) is 16.6. The number of benzene rings is 9. The molecule has 5 nitrogen and oxygen atoms in total. The van der Waals surface area contributed by atoms with Crippen molar-refractivity contribution in [2.75, 3.05) is 0 Å². The van der Waals surface area contributed by atoms with Gasteiger partial charge in [0.25, 0.3) is 0 Å². The molecule has 0 saturated heterocycles. The van der Waals surface area contributed by atoms with Crippen LogP contribution in [0.25, 0.3) is 122 Å². The number of para-hydroxylation sites is 1. The lowest BCUT2D eigenvalue weighted by Gasteiger charge is -2.13. The topological polar surface area (TPSA) is 56.7 Å².